The highest BCUT2D eigenvalue weighted by molar-refractivity contribution is 5.23. The van der Waals surface area contributed by atoms with Gasteiger partial charge in [0.25, 0.3) is 0 Å². The van der Waals surface area contributed by atoms with Gasteiger partial charge in [0.2, 0.25) is 0 Å². The molecule has 0 fully saturated rings. The molecule has 0 saturated heterocycles. The summed E-state index contributed by atoms with van der Waals surface area (Å²) in [5, 5.41) is 3.17. The third-order valence-electron chi connectivity index (χ3n) is 2.65. The van der Waals surface area contributed by atoms with Crippen molar-refractivity contribution in [1.29, 1.82) is 0 Å². The first-order chi connectivity index (χ1) is 8.20. The Kier molecular flexibility index (Phi) is 5.84. The van der Waals surface area contributed by atoms with Crippen LogP contribution >= 0.6 is 0 Å². The molecule has 0 aromatic heterocycles. The number of halogens is 2. The van der Waals surface area contributed by atoms with Gasteiger partial charge in [-0.15, -0.1) is 6.58 Å². The van der Waals surface area contributed by atoms with Crippen LogP contribution in [0.5, 0.6) is 0 Å². The van der Waals surface area contributed by atoms with Crippen LogP contribution < -0.4 is 5.32 Å². The molecule has 0 spiro atoms. The van der Waals surface area contributed by atoms with Crippen LogP contribution in [-0.4, -0.2) is 6.54 Å². The minimum absolute atomic E-state index is 0.141. The van der Waals surface area contributed by atoms with E-state index in [0.29, 0.717) is 6.42 Å². The molecular weight excluding hydrogens is 220 g/mol. The number of allylic oxidation sites excluding steroid dienone is 1. The lowest BCUT2D eigenvalue weighted by Crippen LogP contribution is -2.24. The predicted octanol–water partition coefficient (Wildman–Crippen LogP) is 3.97. The molecule has 0 bridgehead atoms. The average Bonchev–Trinajstić information content (AvgIpc) is 2.31. The molecule has 17 heavy (non-hydrogen) atoms. The molecule has 1 unspecified atom stereocenters. The predicted molar refractivity (Wildman–Crippen MR) is 66.8 cm³/mol. The Morgan fingerprint density at radius 1 is 1.35 bits per heavy atom. The zero-order valence-corrected chi connectivity index (χ0v) is 10.2. The van der Waals surface area contributed by atoms with Crippen molar-refractivity contribution in [2.45, 2.75) is 32.2 Å². The van der Waals surface area contributed by atoms with Gasteiger partial charge < -0.3 is 5.32 Å². The van der Waals surface area contributed by atoms with E-state index in [1.54, 1.807) is 6.08 Å². The smallest absolute Gasteiger partial charge is 0.130 e. The summed E-state index contributed by atoms with van der Waals surface area (Å²) >= 11 is 0. The van der Waals surface area contributed by atoms with Crippen LogP contribution in [0.1, 0.15) is 37.8 Å². The Morgan fingerprint density at radius 3 is 2.53 bits per heavy atom. The summed E-state index contributed by atoms with van der Waals surface area (Å²) in [4.78, 5) is 0. The van der Waals surface area contributed by atoms with E-state index in [9.17, 15) is 8.78 Å². The monoisotopic (exact) mass is 239 g/mol. The molecule has 0 aliphatic rings. The second kappa shape index (κ2) is 7.17. The molecule has 0 amide bonds. The van der Waals surface area contributed by atoms with Crippen LogP contribution in [0.3, 0.4) is 0 Å². The molecule has 94 valence electrons. The van der Waals surface area contributed by atoms with E-state index < -0.39 is 11.6 Å². The van der Waals surface area contributed by atoms with Gasteiger partial charge in [0, 0.05) is 11.6 Å². The highest BCUT2D eigenvalue weighted by Crippen LogP contribution is 2.24. The third-order valence-corrected chi connectivity index (χ3v) is 2.65. The number of hydrogen-bond donors (Lipinski definition) is 1. The first kappa shape index (κ1) is 13.8. The van der Waals surface area contributed by atoms with E-state index in [0.717, 1.165) is 19.4 Å². The second-order valence-corrected chi connectivity index (χ2v) is 4.01. The molecular formula is C14H19F2N. The van der Waals surface area contributed by atoms with Crippen molar-refractivity contribution in [2.24, 2.45) is 0 Å². The summed E-state index contributed by atoms with van der Waals surface area (Å²) in [7, 11) is 0. The summed E-state index contributed by atoms with van der Waals surface area (Å²) < 4.78 is 27.3. The third kappa shape index (κ3) is 3.93. The molecule has 0 radical (unpaired) electrons. The largest absolute Gasteiger partial charge is 0.310 e. The zero-order chi connectivity index (χ0) is 12.7. The van der Waals surface area contributed by atoms with Crippen LogP contribution in [0, 0.1) is 11.6 Å². The lowest BCUT2D eigenvalue weighted by Gasteiger charge is -2.19. The molecule has 1 atom stereocenters. The van der Waals surface area contributed by atoms with Crippen molar-refractivity contribution in [3.8, 4) is 0 Å². The second-order valence-electron chi connectivity index (χ2n) is 4.01. The molecule has 0 heterocycles. The Bertz CT molecular complexity index is 343. The molecule has 1 aromatic rings. The molecule has 1 rings (SSSR count). The fourth-order valence-electron chi connectivity index (χ4n) is 1.80. The number of hydrogen-bond acceptors (Lipinski definition) is 1. The Labute approximate surface area is 102 Å². The quantitative estimate of drug-likeness (QED) is 0.710. The van der Waals surface area contributed by atoms with E-state index in [2.05, 4.69) is 11.9 Å². The Balaban J connectivity index is 2.90. The van der Waals surface area contributed by atoms with Crippen LogP contribution in [-0.2, 0) is 0 Å². The summed E-state index contributed by atoms with van der Waals surface area (Å²) in [6.45, 7) is 6.40. The van der Waals surface area contributed by atoms with Gasteiger partial charge in [-0.2, -0.15) is 0 Å². The maximum atomic E-state index is 13.6. The van der Waals surface area contributed by atoms with E-state index in [1.807, 2.05) is 6.92 Å². The van der Waals surface area contributed by atoms with Crippen LogP contribution in [0.15, 0.2) is 30.9 Å². The molecule has 0 saturated carbocycles. The standard InChI is InChI=1S/C14H19F2N/c1-3-5-9-13(17-10-4-2)14-11(15)7-6-8-12(14)16/h3,6-8,13,17H,1,4-5,9-10H2,2H3. The van der Waals surface area contributed by atoms with E-state index in [4.69, 9.17) is 0 Å². The summed E-state index contributed by atoms with van der Waals surface area (Å²) in [5.41, 5.74) is 0.141. The van der Waals surface area contributed by atoms with E-state index in [-0.39, 0.29) is 11.6 Å². The van der Waals surface area contributed by atoms with Crippen molar-refractivity contribution >= 4 is 0 Å². The zero-order valence-electron chi connectivity index (χ0n) is 10.2. The van der Waals surface area contributed by atoms with Crippen molar-refractivity contribution < 1.29 is 8.78 Å². The molecule has 0 aliphatic heterocycles. The summed E-state index contributed by atoms with van der Waals surface area (Å²) in [6, 6.07) is 3.70. The fraction of sp³-hybridized carbons (Fsp3) is 0.429. The topological polar surface area (TPSA) is 12.0 Å². The number of benzene rings is 1. The van der Waals surface area contributed by atoms with Gasteiger partial charge in [0.1, 0.15) is 11.6 Å². The maximum Gasteiger partial charge on any atom is 0.130 e. The van der Waals surface area contributed by atoms with Gasteiger partial charge in [-0.25, -0.2) is 8.78 Å². The highest BCUT2D eigenvalue weighted by atomic mass is 19.1. The molecule has 0 aliphatic carbocycles. The fourth-order valence-corrected chi connectivity index (χ4v) is 1.80. The van der Waals surface area contributed by atoms with Gasteiger partial charge in [-0.3, -0.25) is 0 Å². The first-order valence-electron chi connectivity index (χ1n) is 5.98. The molecule has 3 heteroatoms. The van der Waals surface area contributed by atoms with E-state index >= 15 is 0 Å². The minimum Gasteiger partial charge on any atom is -0.310 e. The Morgan fingerprint density at radius 2 is 2.00 bits per heavy atom. The lowest BCUT2D eigenvalue weighted by molar-refractivity contribution is 0.448. The lowest BCUT2D eigenvalue weighted by atomic mass is 10.0. The van der Waals surface area contributed by atoms with Crippen LogP contribution in [0.4, 0.5) is 8.78 Å². The van der Waals surface area contributed by atoms with Crippen molar-refractivity contribution in [3.63, 3.8) is 0 Å². The minimum atomic E-state index is -0.484. The number of rotatable bonds is 7. The highest BCUT2D eigenvalue weighted by Gasteiger charge is 2.18. The van der Waals surface area contributed by atoms with Crippen LogP contribution in [0.2, 0.25) is 0 Å². The number of nitrogens with one attached hydrogen (secondary N) is 1. The SMILES string of the molecule is C=CCCC(NCCC)c1c(F)cccc1F. The van der Waals surface area contributed by atoms with Gasteiger partial charge >= 0.3 is 0 Å². The first-order valence-corrected chi connectivity index (χ1v) is 5.98. The summed E-state index contributed by atoms with van der Waals surface area (Å²) in [5.74, 6) is -0.967. The normalized spacial score (nSPS) is 12.4. The molecule has 1 N–H and O–H groups in total. The van der Waals surface area contributed by atoms with Crippen molar-refractivity contribution in [3.05, 3.63) is 48.1 Å². The van der Waals surface area contributed by atoms with Crippen molar-refractivity contribution in [1.82, 2.24) is 5.32 Å². The summed E-state index contributed by atoms with van der Waals surface area (Å²) in [6.07, 6.45) is 4.08. The van der Waals surface area contributed by atoms with Crippen molar-refractivity contribution in [2.75, 3.05) is 6.54 Å². The van der Waals surface area contributed by atoms with Gasteiger partial charge in [0.15, 0.2) is 0 Å². The van der Waals surface area contributed by atoms with Gasteiger partial charge in [-0.05, 0) is 37.9 Å². The maximum absolute atomic E-state index is 13.6. The molecule has 1 nitrogen and oxygen atoms in total. The van der Waals surface area contributed by atoms with Gasteiger partial charge in [0.05, 0.1) is 0 Å². The van der Waals surface area contributed by atoms with E-state index in [1.165, 1.54) is 18.2 Å². The van der Waals surface area contributed by atoms with Crippen LogP contribution in [0.25, 0.3) is 0 Å². The molecule has 1 aromatic carbocycles. The van der Waals surface area contributed by atoms with Gasteiger partial charge in [-0.1, -0.05) is 19.1 Å². The average molecular weight is 239 g/mol. The Hall–Kier alpha value is -1.22.